The van der Waals surface area contributed by atoms with Gasteiger partial charge >= 0.3 is 0 Å². The lowest BCUT2D eigenvalue weighted by Crippen LogP contribution is -2.42. The molecule has 1 aromatic heterocycles. The summed E-state index contributed by atoms with van der Waals surface area (Å²) in [4.78, 5) is 23.9. The number of benzene rings is 2. The Kier molecular flexibility index (Phi) is 5.65. The molecule has 0 saturated heterocycles. The van der Waals surface area contributed by atoms with Crippen molar-refractivity contribution in [3.8, 4) is 5.69 Å². The summed E-state index contributed by atoms with van der Waals surface area (Å²) in [5.74, 6) is -0.603. The van der Waals surface area contributed by atoms with Gasteiger partial charge in [0, 0.05) is 11.3 Å². The summed E-state index contributed by atoms with van der Waals surface area (Å²) in [6, 6.07) is 16.7. The molecule has 0 bridgehead atoms. The van der Waals surface area contributed by atoms with Gasteiger partial charge in [-0.2, -0.15) is 0 Å². The Hall–Kier alpha value is -3.13. The highest BCUT2D eigenvalue weighted by Gasteiger charge is 2.11. The molecule has 7 nitrogen and oxygen atoms in total. The van der Waals surface area contributed by atoms with Crippen molar-refractivity contribution in [3.63, 3.8) is 0 Å². The van der Waals surface area contributed by atoms with Crippen molar-refractivity contribution in [2.75, 3.05) is 5.75 Å². The molecule has 0 spiro atoms. The molecule has 2 N–H and O–H groups in total. The minimum Gasteiger partial charge on any atom is -0.277 e. The van der Waals surface area contributed by atoms with E-state index < -0.39 is 0 Å². The number of aryl methyl sites for hydroxylation is 1. The van der Waals surface area contributed by atoms with Crippen LogP contribution in [0.25, 0.3) is 5.69 Å². The fraction of sp³-hybridized carbons (Fsp3) is 0.111. The van der Waals surface area contributed by atoms with Crippen molar-refractivity contribution in [3.05, 3.63) is 72.1 Å². The van der Waals surface area contributed by atoms with Crippen LogP contribution in [-0.2, 0) is 4.79 Å². The highest BCUT2D eigenvalue weighted by molar-refractivity contribution is 7.99. The molecule has 3 rings (SSSR count). The van der Waals surface area contributed by atoms with Crippen molar-refractivity contribution in [2.24, 2.45) is 0 Å². The van der Waals surface area contributed by atoms with Crippen LogP contribution in [0.5, 0.6) is 0 Å². The number of amides is 2. The molecular weight excluding hydrogens is 350 g/mol. The number of carbonyl (C=O) groups excluding carboxylic acids is 2. The van der Waals surface area contributed by atoms with Gasteiger partial charge in [-0.05, 0) is 31.2 Å². The van der Waals surface area contributed by atoms with Crippen LogP contribution in [0, 0.1) is 6.92 Å². The second kappa shape index (κ2) is 8.30. The second-order valence-corrected chi connectivity index (χ2v) is 6.42. The average Bonchev–Trinajstić information content (AvgIpc) is 3.14. The van der Waals surface area contributed by atoms with Gasteiger partial charge in [0.25, 0.3) is 5.91 Å². The fourth-order valence-electron chi connectivity index (χ4n) is 2.16. The molecule has 0 atom stereocenters. The van der Waals surface area contributed by atoms with E-state index in [9.17, 15) is 9.59 Å². The van der Waals surface area contributed by atoms with Gasteiger partial charge in [-0.15, -0.1) is 10.2 Å². The molecule has 0 fully saturated rings. The van der Waals surface area contributed by atoms with Gasteiger partial charge in [0.05, 0.1) is 5.75 Å². The number of thioether (sulfide) groups is 1. The lowest BCUT2D eigenvalue weighted by Gasteiger charge is -2.08. The third-order valence-corrected chi connectivity index (χ3v) is 4.46. The summed E-state index contributed by atoms with van der Waals surface area (Å²) in [5.41, 5.74) is 7.25. The molecule has 132 valence electrons. The van der Waals surface area contributed by atoms with Gasteiger partial charge < -0.3 is 0 Å². The monoisotopic (exact) mass is 367 g/mol. The Morgan fingerprint density at radius 3 is 2.50 bits per heavy atom. The molecule has 26 heavy (non-hydrogen) atoms. The van der Waals surface area contributed by atoms with Crippen molar-refractivity contribution >= 4 is 23.6 Å². The maximum Gasteiger partial charge on any atom is 0.269 e. The minimum atomic E-state index is -0.365. The fourth-order valence-corrected chi connectivity index (χ4v) is 2.89. The summed E-state index contributed by atoms with van der Waals surface area (Å²) >= 11 is 1.23. The van der Waals surface area contributed by atoms with E-state index in [4.69, 9.17) is 0 Å². The zero-order valence-electron chi connectivity index (χ0n) is 14.0. The van der Waals surface area contributed by atoms with Crippen LogP contribution < -0.4 is 10.9 Å². The van der Waals surface area contributed by atoms with Crippen molar-refractivity contribution in [2.45, 2.75) is 12.1 Å². The Balaban J connectivity index is 1.51. The molecule has 0 aliphatic heterocycles. The van der Waals surface area contributed by atoms with Crippen LogP contribution in [0.4, 0.5) is 0 Å². The smallest absolute Gasteiger partial charge is 0.269 e. The zero-order valence-corrected chi connectivity index (χ0v) is 14.9. The maximum absolute atomic E-state index is 12.0. The van der Waals surface area contributed by atoms with E-state index >= 15 is 0 Å². The molecular formula is C18H17N5O2S. The Morgan fingerprint density at radius 2 is 1.77 bits per heavy atom. The number of para-hydroxylation sites is 1. The Morgan fingerprint density at radius 1 is 1.04 bits per heavy atom. The molecule has 3 aromatic rings. The predicted octanol–water partition coefficient (Wildman–Crippen LogP) is 2.13. The van der Waals surface area contributed by atoms with Gasteiger partial charge in [0.2, 0.25) is 5.91 Å². The molecule has 0 saturated carbocycles. The van der Waals surface area contributed by atoms with Gasteiger partial charge in [-0.1, -0.05) is 47.7 Å². The van der Waals surface area contributed by atoms with Crippen LogP contribution >= 0.6 is 11.8 Å². The van der Waals surface area contributed by atoms with Crippen molar-refractivity contribution in [1.82, 2.24) is 25.6 Å². The topological polar surface area (TPSA) is 88.9 Å². The first-order valence-corrected chi connectivity index (χ1v) is 8.86. The van der Waals surface area contributed by atoms with Crippen LogP contribution in [0.2, 0.25) is 0 Å². The Labute approximate surface area is 154 Å². The normalized spacial score (nSPS) is 10.3. The molecule has 8 heteroatoms. The number of hydrogen-bond donors (Lipinski definition) is 2. The molecule has 1 heterocycles. The van der Waals surface area contributed by atoms with Crippen LogP contribution in [0.3, 0.4) is 0 Å². The summed E-state index contributed by atoms with van der Waals surface area (Å²) in [7, 11) is 0. The summed E-state index contributed by atoms with van der Waals surface area (Å²) in [5, 5.41) is 8.51. The maximum atomic E-state index is 12.0. The first-order valence-electron chi connectivity index (χ1n) is 7.87. The minimum absolute atomic E-state index is 0.0969. The van der Waals surface area contributed by atoms with E-state index in [2.05, 4.69) is 21.0 Å². The van der Waals surface area contributed by atoms with E-state index in [-0.39, 0.29) is 17.6 Å². The van der Waals surface area contributed by atoms with Crippen LogP contribution in [0.1, 0.15) is 15.9 Å². The molecule has 0 unspecified atom stereocenters. The number of nitrogens with one attached hydrogen (secondary N) is 2. The SMILES string of the molecule is Cc1ccc(C(=O)NNC(=O)CSc2nncn2-c2ccccc2)cc1. The lowest BCUT2D eigenvalue weighted by atomic mass is 10.1. The van der Waals surface area contributed by atoms with E-state index in [1.54, 1.807) is 23.0 Å². The van der Waals surface area contributed by atoms with Gasteiger partial charge in [0.1, 0.15) is 6.33 Å². The molecule has 2 amide bonds. The molecule has 0 aliphatic carbocycles. The zero-order chi connectivity index (χ0) is 18.4. The Bertz CT molecular complexity index is 893. The highest BCUT2D eigenvalue weighted by Crippen LogP contribution is 2.18. The second-order valence-electron chi connectivity index (χ2n) is 5.48. The molecule has 0 aliphatic rings. The van der Waals surface area contributed by atoms with E-state index in [0.29, 0.717) is 10.7 Å². The summed E-state index contributed by atoms with van der Waals surface area (Å²) in [6.45, 7) is 1.94. The predicted molar refractivity (Wildman–Crippen MR) is 98.9 cm³/mol. The molecule has 2 aromatic carbocycles. The van der Waals surface area contributed by atoms with Crippen molar-refractivity contribution < 1.29 is 9.59 Å². The van der Waals surface area contributed by atoms with E-state index in [1.807, 2.05) is 49.4 Å². The highest BCUT2D eigenvalue weighted by atomic mass is 32.2. The van der Waals surface area contributed by atoms with E-state index in [0.717, 1.165) is 11.3 Å². The number of carbonyl (C=O) groups is 2. The van der Waals surface area contributed by atoms with Gasteiger partial charge in [-0.3, -0.25) is 25.0 Å². The summed E-state index contributed by atoms with van der Waals surface area (Å²) < 4.78 is 1.79. The number of aromatic nitrogens is 3. The molecule has 0 radical (unpaired) electrons. The van der Waals surface area contributed by atoms with Crippen molar-refractivity contribution in [1.29, 1.82) is 0 Å². The van der Waals surface area contributed by atoms with Gasteiger partial charge in [0.15, 0.2) is 5.16 Å². The number of nitrogens with zero attached hydrogens (tertiary/aromatic N) is 3. The van der Waals surface area contributed by atoms with Gasteiger partial charge in [-0.25, -0.2) is 0 Å². The largest absolute Gasteiger partial charge is 0.277 e. The van der Waals surface area contributed by atoms with E-state index in [1.165, 1.54) is 11.8 Å². The quantitative estimate of drug-likeness (QED) is 0.533. The number of hydrazine groups is 1. The first-order chi connectivity index (χ1) is 12.6. The number of hydrogen-bond acceptors (Lipinski definition) is 5. The third-order valence-electron chi connectivity index (χ3n) is 3.51. The van der Waals surface area contributed by atoms with Crippen LogP contribution in [0.15, 0.2) is 66.1 Å². The third kappa shape index (κ3) is 4.48. The first kappa shape index (κ1) is 17.7. The lowest BCUT2D eigenvalue weighted by molar-refractivity contribution is -0.119. The summed E-state index contributed by atoms with van der Waals surface area (Å²) in [6.07, 6.45) is 1.59. The number of rotatable bonds is 5. The average molecular weight is 367 g/mol. The standard InChI is InChI=1S/C18H17N5O2S/c1-13-7-9-14(10-8-13)17(25)21-20-16(24)11-26-18-22-19-12-23(18)15-5-3-2-4-6-15/h2-10,12H,11H2,1H3,(H,20,24)(H,21,25). The van der Waals surface area contributed by atoms with Crippen LogP contribution in [-0.4, -0.2) is 32.3 Å².